The van der Waals surface area contributed by atoms with Crippen molar-refractivity contribution < 1.29 is 23.9 Å². The maximum absolute atomic E-state index is 14.3. The number of anilines is 1. The van der Waals surface area contributed by atoms with Crippen molar-refractivity contribution in [3.05, 3.63) is 77.9 Å². The van der Waals surface area contributed by atoms with E-state index in [4.69, 9.17) is 9.47 Å². The summed E-state index contributed by atoms with van der Waals surface area (Å²) in [7, 11) is 4.38. The minimum absolute atomic E-state index is 0.0493. The lowest BCUT2D eigenvalue weighted by Gasteiger charge is -2.36. The number of para-hydroxylation sites is 1. The first-order valence-electron chi connectivity index (χ1n) is 11.2. The summed E-state index contributed by atoms with van der Waals surface area (Å²) in [5, 5.41) is 2.76. The monoisotopic (exact) mass is 476 g/mol. The first kappa shape index (κ1) is 24.0. The number of Topliss-reactive ketones (excluding diaryl/α,β-unsaturated/α-hetero) is 1. The third kappa shape index (κ3) is 3.82. The summed E-state index contributed by atoms with van der Waals surface area (Å²) in [5.74, 6) is -1.24. The number of aromatic nitrogens is 2. The zero-order valence-corrected chi connectivity index (χ0v) is 20.3. The third-order valence-corrected chi connectivity index (χ3v) is 6.41. The number of imidazole rings is 1. The van der Waals surface area contributed by atoms with Gasteiger partial charge in [-0.25, -0.2) is 9.78 Å². The molecule has 9 heteroatoms. The molecule has 2 atom stereocenters. The third-order valence-electron chi connectivity index (χ3n) is 6.41. The number of ether oxygens (including phenoxy) is 2. The number of rotatable bonds is 7. The van der Waals surface area contributed by atoms with Gasteiger partial charge in [0.05, 0.1) is 20.1 Å². The lowest BCUT2D eigenvalue weighted by atomic mass is 9.72. The predicted molar refractivity (Wildman–Crippen MR) is 130 cm³/mol. The van der Waals surface area contributed by atoms with Crippen molar-refractivity contribution in [3.8, 4) is 5.75 Å². The molecule has 0 unspecified atom stereocenters. The number of benzene rings is 2. The van der Waals surface area contributed by atoms with Crippen molar-refractivity contribution >= 4 is 23.5 Å². The SMILES string of the molecule is COC(=O)N[C@@]1([C@H](C(=O)c2nccn2C(C)C)c2ccc(OC)cc2)C(=O)N(C)c2ccccc21. The predicted octanol–water partition coefficient (Wildman–Crippen LogP) is 3.67. The van der Waals surface area contributed by atoms with E-state index in [1.165, 1.54) is 12.0 Å². The van der Waals surface area contributed by atoms with Crippen LogP contribution in [0, 0.1) is 0 Å². The molecule has 2 amide bonds. The molecule has 0 saturated heterocycles. The van der Waals surface area contributed by atoms with Crippen LogP contribution in [0.2, 0.25) is 0 Å². The van der Waals surface area contributed by atoms with E-state index in [0.29, 0.717) is 22.6 Å². The number of hydrogen-bond acceptors (Lipinski definition) is 6. The van der Waals surface area contributed by atoms with Crippen molar-refractivity contribution in [1.29, 1.82) is 0 Å². The zero-order valence-electron chi connectivity index (χ0n) is 20.3. The molecule has 1 aliphatic rings. The summed E-state index contributed by atoms with van der Waals surface area (Å²) in [4.78, 5) is 46.8. The van der Waals surface area contributed by atoms with Gasteiger partial charge in [0.15, 0.2) is 11.4 Å². The van der Waals surface area contributed by atoms with Crippen LogP contribution < -0.4 is 15.0 Å². The van der Waals surface area contributed by atoms with E-state index < -0.39 is 29.2 Å². The van der Waals surface area contributed by atoms with Crippen LogP contribution in [0.4, 0.5) is 10.5 Å². The smallest absolute Gasteiger partial charge is 0.408 e. The highest BCUT2D eigenvalue weighted by Crippen LogP contribution is 2.49. The van der Waals surface area contributed by atoms with E-state index in [1.54, 1.807) is 79.6 Å². The molecule has 0 radical (unpaired) electrons. The molecule has 9 nitrogen and oxygen atoms in total. The zero-order chi connectivity index (χ0) is 25.3. The lowest BCUT2D eigenvalue weighted by molar-refractivity contribution is -0.124. The Bertz CT molecular complexity index is 1270. The molecule has 35 heavy (non-hydrogen) atoms. The molecule has 3 aromatic rings. The minimum atomic E-state index is -1.77. The number of amides is 2. The van der Waals surface area contributed by atoms with Gasteiger partial charge >= 0.3 is 6.09 Å². The van der Waals surface area contributed by atoms with Crippen LogP contribution in [-0.4, -0.2) is 48.6 Å². The fourth-order valence-corrected chi connectivity index (χ4v) is 4.72. The van der Waals surface area contributed by atoms with E-state index in [2.05, 4.69) is 10.3 Å². The molecule has 0 aliphatic carbocycles. The average molecular weight is 477 g/mol. The topological polar surface area (TPSA) is 103 Å². The molecular formula is C26H28N4O5. The van der Waals surface area contributed by atoms with Crippen LogP contribution in [0.25, 0.3) is 0 Å². The summed E-state index contributed by atoms with van der Waals surface area (Å²) in [6.45, 7) is 3.88. The van der Waals surface area contributed by atoms with Gasteiger partial charge in [0.1, 0.15) is 5.75 Å². The summed E-state index contributed by atoms with van der Waals surface area (Å²) in [6, 6.07) is 13.9. The summed E-state index contributed by atoms with van der Waals surface area (Å²) in [5.41, 5.74) is -0.163. The molecule has 1 aliphatic heterocycles. The van der Waals surface area contributed by atoms with E-state index in [0.717, 1.165) is 0 Å². The van der Waals surface area contributed by atoms with E-state index in [-0.39, 0.29) is 11.9 Å². The number of likely N-dealkylation sites (N-methyl/N-ethyl adjacent to an activating group) is 1. The first-order valence-corrected chi connectivity index (χ1v) is 11.2. The van der Waals surface area contributed by atoms with Gasteiger partial charge < -0.3 is 24.3 Å². The number of hydrogen-bond donors (Lipinski definition) is 1. The van der Waals surface area contributed by atoms with Gasteiger partial charge in [-0.05, 0) is 37.6 Å². The number of nitrogens with zero attached hydrogens (tertiary/aromatic N) is 3. The Morgan fingerprint density at radius 3 is 2.37 bits per heavy atom. The maximum Gasteiger partial charge on any atom is 0.408 e. The van der Waals surface area contributed by atoms with Crippen LogP contribution in [0.3, 0.4) is 0 Å². The van der Waals surface area contributed by atoms with Crippen LogP contribution in [0.5, 0.6) is 5.75 Å². The summed E-state index contributed by atoms with van der Waals surface area (Å²) >= 11 is 0. The molecule has 0 fully saturated rings. The highest BCUT2D eigenvalue weighted by molar-refractivity contribution is 6.14. The van der Waals surface area contributed by atoms with Crippen molar-refractivity contribution in [2.24, 2.45) is 0 Å². The Labute approximate surface area is 203 Å². The molecule has 1 N–H and O–H groups in total. The molecular weight excluding hydrogens is 448 g/mol. The second-order valence-corrected chi connectivity index (χ2v) is 8.63. The van der Waals surface area contributed by atoms with Crippen LogP contribution in [-0.2, 0) is 15.1 Å². The fourth-order valence-electron chi connectivity index (χ4n) is 4.72. The fraction of sp³-hybridized carbons (Fsp3) is 0.308. The molecule has 4 rings (SSSR count). The first-order chi connectivity index (χ1) is 16.8. The number of carbonyl (C=O) groups is 3. The van der Waals surface area contributed by atoms with Gasteiger partial charge in [0.2, 0.25) is 5.78 Å². The number of alkyl carbamates (subject to hydrolysis) is 1. The number of ketones is 1. The lowest BCUT2D eigenvalue weighted by Crippen LogP contribution is -2.58. The largest absolute Gasteiger partial charge is 0.497 e. The van der Waals surface area contributed by atoms with Crippen molar-refractivity contribution in [1.82, 2.24) is 14.9 Å². The molecule has 182 valence electrons. The number of carbonyl (C=O) groups excluding carboxylic acids is 3. The number of nitrogens with one attached hydrogen (secondary N) is 1. The minimum Gasteiger partial charge on any atom is -0.497 e. The molecule has 2 aromatic carbocycles. The van der Waals surface area contributed by atoms with E-state index in [9.17, 15) is 14.4 Å². The van der Waals surface area contributed by atoms with Crippen LogP contribution in [0.15, 0.2) is 60.9 Å². The standard InChI is InChI=1S/C26H28N4O5/c1-16(2)30-15-14-27-23(30)22(31)21(17-10-12-18(34-4)13-11-17)26(28-25(33)35-5)19-8-6-7-9-20(19)29(3)24(26)32/h6-16,21H,1-5H3,(H,28,33)/t21-,26-/m0/s1. The second kappa shape index (κ2) is 9.25. The average Bonchev–Trinajstić information content (AvgIpc) is 3.44. The Balaban J connectivity index is 2.03. The van der Waals surface area contributed by atoms with Crippen LogP contribution >= 0.6 is 0 Å². The number of fused-ring (bicyclic) bond motifs is 1. The van der Waals surface area contributed by atoms with Gasteiger partial charge in [-0.2, -0.15) is 0 Å². The molecule has 0 bridgehead atoms. The van der Waals surface area contributed by atoms with Gasteiger partial charge in [0.25, 0.3) is 5.91 Å². The highest BCUT2D eigenvalue weighted by Gasteiger charge is 2.59. The molecule has 1 aromatic heterocycles. The number of methoxy groups -OCH3 is 2. The second-order valence-electron chi connectivity index (χ2n) is 8.63. The van der Waals surface area contributed by atoms with Gasteiger partial charge in [-0.1, -0.05) is 30.3 Å². The molecule has 0 spiro atoms. The Hall–Kier alpha value is -4.14. The Morgan fingerprint density at radius 1 is 1.06 bits per heavy atom. The van der Waals surface area contributed by atoms with Gasteiger partial charge in [0, 0.05) is 36.7 Å². The van der Waals surface area contributed by atoms with Crippen molar-refractivity contribution in [2.45, 2.75) is 31.3 Å². The summed E-state index contributed by atoms with van der Waals surface area (Å²) < 4.78 is 12.0. The van der Waals surface area contributed by atoms with E-state index in [1.807, 2.05) is 13.8 Å². The quantitative estimate of drug-likeness (QED) is 0.522. The Kier molecular flexibility index (Phi) is 6.34. The molecule has 0 saturated carbocycles. The van der Waals surface area contributed by atoms with Crippen LogP contribution in [0.1, 0.15) is 47.6 Å². The molecule has 2 heterocycles. The van der Waals surface area contributed by atoms with Gasteiger partial charge in [-0.3, -0.25) is 9.59 Å². The highest BCUT2D eigenvalue weighted by atomic mass is 16.5. The van der Waals surface area contributed by atoms with Gasteiger partial charge in [-0.15, -0.1) is 0 Å². The maximum atomic E-state index is 14.3. The Morgan fingerprint density at radius 2 is 1.74 bits per heavy atom. The normalized spacial score (nSPS) is 17.8. The van der Waals surface area contributed by atoms with Crippen molar-refractivity contribution in [2.75, 3.05) is 26.2 Å². The van der Waals surface area contributed by atoms with E-state index >= 15 is 0 Å². The summed E-state index contributed by atoms with van der Waals surface area (Å²) in [6.07, 6.45) is 2.44. The van der Waals surface area contributed by atoms with Crippen molar-refractivity contribution in [3.63, 3.8) is 0 Å².